The monoisotopic (exact) mass is 207 g/mol. The quantitative estimate of drug-likeness (QED) is 0.404. The molecule has 0 fully saturated rings. The van der Waals surface area contributed by atoms with Crippen LogP contribution in [0.15, 0.2) is 0 Å². The Labute approximate surface area is 86.1 Å². The van der Waals surface area contributed by atoms with Gasteiger partial charge in [-0.2, -0.15) is 0 Å². The summed E-state index contributed by atoms with van der Waals surface area (Å²) in [4.78, 5) is 0. The summed E-state index contributed by atoms with van der Waals surface area (Å²) in [5.41, 5.74) is 0. The van der Waals surface area contributed by atoms with Crippen LogP contribution in [0.5, 0.6) is 0 Å². The summed E-state index contributed by atoms with van der Waals surface area (Å²) in [5.74, 6) is 0. The highest BCUT2D eigenvalue weighted by Gasteiger charge is 2.01. The fourth-order valence-electron chi connectivity index (χ4n) is 0.932. The maximum absolute atomic E-state index is 12.9. The second kappa shape index (κ2) is 10.9. The van der Waals surface area contributed by atoms with E-state index in [1.807, 2.05) is 13.8 Å². The van der Waals surface area contributed by atoms with Gasteiger partial charge in [-0.05, 0) is 12.8 Å². The summed E-state index contributed by atoms with van der Waals surface area (Å²) in [7, 11) is 0. The molecule has 0 aliphatic carbocycles. The van der Waals surface area contributed by atoms with Crippen molar-refractivity contribution in [2.75, 3.05) is 39.5 Å². The molecule has 0 radical (unpaired) electrons. The van der Waals surface area contributed by atoms with Crippen molar-refractivity contribution in [3.05, 3.63) is 0 Å². The number of hydrogen-bond acceptors (Lipinski definition) is 3. The van der Waals surface area contributed by atoms with E-state index in [-0.39, 0.29) is 0 Å². The molecule has 0 rings (SSSR count). The van der Waals surface area contributed by atoms with Crippen molar-refractivity contribution in [2.45, 2.75) is 26.7 Å². The van der Waals surface area contributed by atoms with Gasteiger partial charge >= 0.3 is 0 Å². The van der Waals surface area contributed by atoms with Crippen molar-refractivity contribution in [1.29, 1.82) is 0 Å². The maximum atomic E-state index is 12.9. The summed E-state index contributed by atoms with van der Waals surface area (Å²) in [6.45, 7) is 7.05. The molecule has 0 N–H and O–H groups in total. The Hall–Kier alpha value is -0.190. The number of ether oxygens (including phenoxy) is 2. The molecule has 0 saturated heterocycles. The van der Waals surface area contributed by atoms with Gasteiger partial charge in [-0.25, -0.2) is 0 Å². The van der Waals surface area contributed by atoms with E-state index in [0.29, 0.717) is 39.5 Å². The lowest BCUT2D eigenvalue weighted by molar-refractivity contribution is -0.0282. The molecule has 0 amide bonds. The Kier molecular flexibility index (Phi) is 10.7. The molecule has 0 aromatic heterocycles. The zero-order chi connectivity index (χ0) is 10.6. The lowest BCUT2D eigenvalue weighted by Gasteiger charge is -2.11. The van der Waals surface area contributed by atoms with Crippen LogP contribution in [0.25, 0.3) is 0 Å². The molecule has 4 heteroatoms. The van der Waals surface area contributed by atoms with Crippen LogP contribution in [0, 0.1) is 0 Å². The normalized spacial score (nSPS) is 11.1. The second-order valence-corrected chi connectivity index (χ2v) is 3.13. The minimum atomic E-state index is 0.329. The van der Waals surface area contributed by atoms with Crippen LogP contribution >= 0.6 is 0 Å². The van der Waals surface area contributed by atoms with Gasteiger partial charge in [0.2, 0.25) is 0 Å². The van der Waals surface area contributed by atoms with Gasteiger partial charge in [-0.1, -0.05) is 13.8 Å². The molecule has 0 heterocycles. The zero-order valence-electron chi connectivity index (χ0n) is 9.30. The Morgan fingerprint density at radius 3 is 1.64 bits per heavy atom. The van der Waals surface area contributed by atoms with Gasteiger partial charge in [0.1, 0.15) is 0 Å². The molecular formula is C10H22FNO2. The highest BCUT2D eigenvalue weighted by atomic mass is 19.2. The van der Waals surface area contributed by atoms with E-state index >= 15 is 0 Å². The van der Waals surface area contributed by atoms with Crippen LogP contribution in [0.1, 0.15) is 26.7 Å². The van der Waals surface area contributed by atoms with E-state index in [4.69, 9.17) is 9.47 Å². The van der Waals surface area contributed by atoms with Crippen LogP contribution in [-0.4, -0.2) is 44.6 Å². The summed E-state index contributed by atoms with van der Waals surface area (Å²) in [5, 5.41) is 0.741. The molecule has 0 aromatic rings. The Bertz CT molecular complexity index is 102. The van der Waals surface area contributed by atoms with Gasteiger partial charge in [-0.3, -0.25) is 0 Å². The van der Waals surface area contributed by atoms with Crippen molar-refractivity contribution in [1.82, 2.24) is 5.12 Å². The summed E-state index contributed by atoms with van der Waals surface area (Å²) < 4.78 is 23.2. The van der Waals surface area contributed by atoms with Crippen molar-refractivity contribution >= 4 is 0 Å². The fourth-order valence-corrected chi connectivity index (χ4v) is 0.932. The van der Waals surface area contributed by atoms with Gasteiger partial charge < -0.3 is 9.47 Å². The topological polar surface area (TPSA) is 21.7 Å². The van der Waals surface area contributed by atoms with E-state index < -0.39 is 0 Å². The second-order valence-electron chi connectivity index (χ2n) is 3.13. The van der Waals surface area contributed by atoms with E-state index in [2.05, 4.69) is 0 Å². The number of hydrogen-bond donors (Lipinski definition) is 0. The number of halogens is 1. The van der Waals surface area contributed by atoms with E-state index in [0.717, 1.165) is 18.0 Å². The Morgan fingerprint density at radius 1 is 0.857 bits per heavy atom. The largest absolute Gasteiger partial charge is 0.380 e. The lowest BCUT2D eigenvalue weighted by atomic mass is 10.5. The average Bonchev–Trinajstić information content (AvgIpc) is 2.19. The first-order chi connectivity index (χ1) is 6.81. The molecule has 3 nitrogen and oxygen atoms in total. The number of nitrogens with zero attached hydrogens (tertiary/aromatic N) is 1. The third-order valence-corrected chi connectivity index (χ3v) is 1.65. The van der Waals surface area contributed by atoms with E-state index in [1.165, 1.54) is 0 Å². The zero-order valence-corrected chi connectivity index (χ0v) is 9.30. The van der Waals surface area contributed by atoms with Gasteiger partial charge in [-0.15, -0.1) is 9.60 Å². The Balaban J connectivity index is 3.07. The van der Waals surface area contributed by atoms with Crippen LogP contribution in [0.3, 0.4) is 0 Å². The minimum absolute atomic E-state index is 0.329. The molecule has 0 saturated carbocycles. The highest BCUT2D eigenvalue weighted by Crippen LogP contribution is 1.91. The average molecular weight is 207 g/mol. The standard InChI is InChI=1S/C10H22FNO2/c1-3-7-13-9-5-12(11)6-10-14-8-4-2/h3-10H2,1-2H3. The highest BCUT2D eigenvalue weighted by molar-refractivity contribution is 4.44. The van der Waals surface area contributed by atoms with Crippen molar-refractivity contribution in [3.8, 4) is 0 Å². The third-order valence-electron chi connectivity index (χ3n) is 1.65. The summed E-state index contributed by atoms with van der Waals surface area (Å²) >= 11 is 0. The maximum Gasteiger partial charge on any atom is 0.0619 e. The predicted molar refractivity (Wildman–Crippen MR) is 54.9 cm³/mol. The van der Waals surface area contributed by atoms with Crippen molar-refractivity contribution in [2.24, 2.45) is 0 Å². The molecule has 0 atom stereocenters. The summed E-state index contributed by atoms with van der Waals surface area (Å²) in [6.07, 6.45) is 1.96. The predicted octanol–water partition coefficient (Wildman–Crippen LogP) is 2.03. The Morgan fingerprint density at radius 2 is 1.29 bits per heavy atom. The van der Waals surface area contributed by atoms with Crippen LogP contribution < -0.4 is 0 Å². The molecule has 0 aliphatic heterocycles. The molecule has 14 heavy (non-hydrogen) atoms. The van der Waals surface area contributed by atoms with Gasteiger partial charge in [0, 0.05) is 13.2 Å². The number of rotatable bonds is 10. The molecule has 0 aliphatic rings. The van der Waals surface area contributed by atoms with Crippen LogP contribution in [0.2, 0.25) is 0 Å². The molecule has 86 valence electrons. The third kappa shape index (κ3) is 9.89. The van der Waals surface area contributed by atoms with Crippen molar-refractivity contribution in [3.63, 3.8) is 0 Å². The molecule has 0 bridgehead atoms. The first-order valence-electron chi connectivity index (χ1n) is 5.37. The molecular weight excluding hydrogens is 185 g/mol. The van der Waals surface area contributed by atoms with Crippen molar-refractivity contribution < 1.29 is 14.0 Å². The van der Waals surface area contributed by atoms with Gasteiger partial charge in [0.25, 0.3) is 0 Å². The van der Waals surface area contributed by atoms with E-state index in [9.17, 15) is 4.48 Å². The fraction of sp³-hybridized carbons (Fsp3) is 1.00. The van der Waals surface area contributed by atoms with Gasteiger partial charge in [0.15, 0.2) is 0 Å². The van der Waals surface area contributed by atoms with E-state index in [1.54, 1.807) is 0 Å². The summed E-state index contributed by atoms with van der Waals surface area (Å²) in [6, 6.07) is 0. The smallest absolute Gasteiger partial charge is 0.0619 e. The van der Waals surface area contributed by atoms with Crippen LogP contribution in [-0.2, 0) is 9.47 Å². The SMILES string of the molecule is CCCOCCN(F)CCOCCC. The molecule has 0 unspecified atom stereocenters. The first-order valence-corrected chi connectivity index (χ1v) is 5.37. The first kappa shape index (κ1) is 13.8. The molecule has 0 spiro atoms. The molecule has 0 aromatic carbocycles. The van der Waals surface area contributed by atoms with Gasteiger partial charge in [0.05, 0.1) is 26.3 Å². The lowest BCUT2D eigenvalue weighted by Crippen LogP contribution is -2.23. The minimum Gasteiger partial charge on any atom is -0.380 e. The van der Waals surface area contributed by atoms with Crippen LogP contribution in [0.4, 0.5) is 4.48 Å².